The van der Waals surface area contributed by atoms with Crippen molar-refractivity contribution in [2.45, 2.75) is 44.1 Å². The lowest BCUT2D eigenvalue weighted by Gasteiger charge is -2.34. The van der Waals surface area contributed by atoms with E-state index in [0.29, 0.717) is 11.3 Å². The average Bonchev–Trinajstić information content (AvgIpc) is 2.56. The second kappa shape index (κ2) is 3.16. The second-order valence-electron chi connectivity index (χ2n) is 4.98. The molecule has 2 nitrogen and oxygen atoms in total. The van der Waals surface area contributed by atoms with Crippen LogP contribution in [-0.4, -0.2) is 10.6 Å². The van der Waals surface area contributed by atoms with Crippen LogP contribution >= 0.6 is 0 Å². The third kappa shape index (κ3) is 1.48. The number of benzene rings is 1. The molecule has 15 heavy (non-hydrogen) atoms. The summed E-state index contributed by atoms with van der Waals surface area (Å²) in [6.45, 7) is 0. The lowest BCUT2D eigenvalue weighted by molar-refractivity contribution is 0.333. The Morgan fingerprint density at radius 3 is 2.73 bits per heavy atom. The molecule has 1 spiro atoms. The maximum atomic E-state index is 9.44. The standard InChI is InChI=1S/C13H17NO/c15-11-5-4-10-9-13(14-12(10)8-11)6-2-1-3-7-13/h4-5,8,14-15H,1-3,6-7,9H2. The SMILES string of the molecule is Oc1ccc2c(c1)NC1(CCCCC1)C2. The minimum atomic E-state index is 0.314. The van der Waals surface area contributed by atoms with Crippen molar-refractivity contribution in [1.29, 1.82) is 0 Å². The van der Waals surface area contributed by atoms with E-state index in [1.807, 2.05) is 6.07 Å². The number of fused-ring (bicyclic) bond motifs is 1. The Morgan fingerprint density at radius 1 is 1.13 bits per heavy atom. The molecule has 1 saturated carbocycles. The first kappa shape index (κ1) is 9.08. The molecule has 0 amide bonds. The van der Waals surface area contributed by atoms with Crippen molar-refractivity contribution in [2.24, 2.45) is 0 Å². The molecule has 0 radical (unpaired) electrons. The van der Waals surface area contributed by atoms with Gasteiger partial charge in [0.15, 0.2) is 0 Å². The minimum Gasteiger partial charge on any atom is -0.508 e. The Bertz CT molecular complexity index is 380. The van der Waals surface area contributed by atoms with Gasteiger partial charge in [-0.1, -0.05) is 25.3 Å². The van der Waals surface area contributed by atoms with Gasteiger partial charge in [0.2, 0.25) is 0 Å². The lowest BCUT2D eigenvalue weighted by Crippen LogP contribution is -2.38. The molecular formula is C13H17NO. The summed E-state index contributed by atoms with van der Waals surface area (Å²) in [6.07, 6.45) is 7.76. The van der Waals surface area contributed by atoms with Crippen LogP contribution in [0, 0.1) is 0 Å². The van der Waals surface area contributed by atoms with Gasteiger partial charge in [-0.15, -0.1) is 0 Å². The number of anilines is 1. The highest BCUT2D eigenvalue weighted by Gasteiger charge is 2.37. The third-order valence-electron chi connectivity index (χ3n) is 3.83. The van der Waals surface area contributed by atoms with Gasteiger partial charge in [0.1, 0.15) is 5.75 Å². The van der Waals surface area contributed by atoms with Crippen LogP contribution in [0.2, 0.25) is 0 Å². The van der Waals surface area contributed by atoms with E-state index in [1.54, 1.807) is 6.07 Å². The third-order valence-corrected chi connectivity index (χ3v) is 3.83. The molecule has 2 aliphatic rings. The highest BCUT2D eigenvalue weighted by molar-refractivity contribution is 5.61. The predicted molar refractivity (Wildman–Crippen MR) is 61.2 cm³/mol. The first-order valence-electron chi connectivity index (χ1n) is 5.88. The summed E-state index contributed by atoms with van der Waals surface area (Å²) in [5.41, 5.74) is 2.83. The lowest BCUT2D eigenvalue weighted by atomic mass is 9.80. The summed E-state index contributed by atoms with van der Waals surface area (Å²) in [6, 6.07) is 5.71. The number of rotatable bonds is 0. The van der Waals surface area contributed by atoms with Gasteiger partial charge in [0.05, 0.1) is 0 Å². The molecule has 80 valence electrons. The maximum absolute atomic E-state index is 9.44. The zero-order valence-corrected chi connectivity index (χ0v) is 8.92. The monoisotopic (exact) mass is 203 g/mol. The van der Waals surface area contributed by atoms with E-state index in [2.05, 4.69) is 11.4 Å². The van der Waals surface area contributed by atoms with Crippen LogP contribution < -0.4 is 5.32 Å². The smallest absolute Gasteiger partial charge is 0.117 e. The number of hydrogen-bond acceptors (Lipinski definition) is 2. The summed E-state index contributed by atoms with van der Waals surface area (Å²) in [5, 5.41) is 13.1. The van der Waals surface area contributed by atoms with Crippen LogP contribution in [-0.2, 0) is 6.42 Å². The molecule has 1 heterocycles. The van der Waals surface area contributed by atoms with Crippen LogP contribution in [0.4, 0.5) is 5.69 Å². The minimum absolute atomic E-state index is 0.314. The molecule has 3 rings (SSSR count). The van der Waals surface area contributed by atoms with E-state index in [9.17, 15) is 5.11 Å². The molecule has 1 aromatic carbocycles. The molecule has 1 aliphatic heterocycles. The molecule has 1 aliphatic carbocycles. The quantitative estimate of drug-likeness (QED) is 0.679. The van der Waals surface area contributed by atoms with E-state index >= 15 is 0 Å². The summed E-state index contributed by atoms with van der Waals surface area (Å²) >= 11 is 0. The van der Waals surface area contributed by atoms with Crippen LogP contribution in [0.5, 0.6) is 5.75 Å². The van der Waals surface area contributed by atoms with Gasteiger partial charge in [-0.25, -0.2) is 0 Å². The number of phenols is 1. The zero-order valence-electron chi connectivity index (χ0n) is 8.92. The van der Waals surface area contributed by atoms with Crippen molar-refractivity contribution in [1.82, 2.24) is 0 Å². The Hall–Kier alpha value is -1.18. The molecule has 0 atom stereocenters. The first-order chi connectivity index (χ1) is 7.27. The Kier molecular flexibility index (Phi) is 1.91. The fraction of sp³-hybridized carbons (Fsp3) is 0.538. The van der Waals surface area contributed by atoms with Crippen molar-refractivity contribution >= 4 is 5.69 Å². The number of nitrogens with one attached hydrogen (secondary N) is 1. The molecular weight excluding hydrogens is 186 g/mol. The molecule has 2 heteroatoms. The molecule has 2 N–H and O–H groups in total. The Labute approximate surface area is 90.3 Å². The van der Waals surface area contributed by atoms with Crippen molar-refractivity contribution in [2.75, 3.05) is 5.32 Å². The zero-order chi connectivity index (χ0) is 10.3. The fourth-order valence-electron chi connectivity index (χ4n) is 3.06. The normalized spacial score (nSPS) is 22.4. The van der Waals surface area contributed by atoms with Gasteiger partial charge in [0.25, 0.3) is 0 Å². The van der Waals surface area contributed by atoms with Crippen LogP contribution in [0.1, 0.15) is 37.7 Å². The van der Waals surface area contributed by atoms with Crippen molar-refractivity contribution in [3.8, 4) is 5.75 Å². The Balaban J connectivity index is 1.90. The van der Waals surface area contributed by atoms with Gasteiger partial charge in [-0.2, -0.15) is 0 Å². The molecule has 0 saturated heterocycles. The summed E-state index contributed by atoms with van der Waals surface area (Å²) in [4.78, 5) is 0. The predicted octanol–water partition coefficient (Wildman–Crippen LogP) is 3.06. The number of hydrogen-bond donors (Lipinski definition) is 2. The number of aromatic hydroxyl groups is 1. The largest absolute Gasteiger partial charge is 0.508 e. The highest BCUT2D eigenvalue weighted by Crippen LogP contribution is 2.42. The van der Waals surface area contributed by atoms with Crippen molar-refractivity contribution in [3.05, 3.63) is 23.8 Å². The average molecular weight is 203 g/mol. The van der Waals surface area contributed by atoms with Crippen molar-refractivity contribution < 1.29 is 5.11 Å². The van der Waals surface area contributed by atoms with Crippen LogP contribution in [0.15, 0.2) is 18.2 Å². The van der Waals surface area contributed by atoms with Crippen molar-refractivity contribution in [3.63, 3.8) is 0 Å². The van der Waals surface area contributed by atoms with E-state index in [1.165, 1.54) is 37.7 Å². The van der Waals surface area contributed by atoms with Gasteiger partial charge >= 0.3 is 0 Å². The molecule has 1 aromatic rings. The van der Waals surface area contributed by atoms with E-state index in [4.69, 9.17) is 0 Å². The fourth-order valence-corrected chi connectivity index (χ4v) is 3.06. The topological polar surface area (TPSA) is 32.3 Å². The molecule has 1 fully saturated rings. The summed E-state index contributed by atoms with van der Waals surface area (Å²) in [7, 11) is 0. The van der Waals surface area contributed by atoms with Crippen LogP contribution in [0.3, 0.4) is 0 Å². The second-order valence-corrected chi connectivity index (χ2v) is 4.98. The van der Waals surface area contributed by atoms with Gasteiger partial charge in [0, 0.05) is 17.3 Å². The van der Waals surface area contributed by atoms with Gasteiger partial charge in [-0.3, -0.25) is 0 Å². The van der Waals surface area contributed by atoms with Gasteiger partial charge in [-0.05, 0) is 30.9 Å². The Morgan fingerprint density at radius 2 is 1.93 bits per heavy atom. The molecule has 0 unspecified atom stereocenters. The van der Waals surface area contributed by atoms with E-state index in [0.717, 1.165) is 12.1 Å². The summed E-state index contributed by atoms with van der Waals surface area (Å²) in [5.74, 6) is 0.370. The molecule has 0 bridgehead atoms. The number of phenolic OH excluding ortho intramolecular Hbond substituents is 1. The maximum Gasteiger partial charge on any atom is 0.117 e. The molecule has 0 aromatic heterocycles. The van der Waals surface area contributed by atoms with E-state index < -0.39 is 0 Å². The highest BCUT2D eigenvalue weighted by atomic mass is 16.3. The van der Waals surface area contributed by atoms with E-state index in [-0.39, 0.29) is 0 Å². The van der Waals surface area contributed by atoms with Gasteiger partial charge < -0.3 is 10.4 Å². The van der Waals surface area contributed by atoms with Crippen LogP contribution in [0.25, 0.3) is 0 Å². The first-order valence-corrected chi connectivity index (χ1v) is 5.88. The summed E-state index contributed by atoms with van der Waals surface area (Å²) < 4.78 is 0.